The van der Waals surface area contributed by atoms with Crippen molar-refractivity contribution in [3.05, 3.63) is 29.6 Å². The summed E-state index contributed by atoms with van der Waals surface area (Å²) < 4.78 is 40.5. The molecule has 2 nitrogen and oxygen atoms in total. The molecule has 0 saturated heterocycles. The molecule has 0 spiro atoms. The predicted molar refractivity (Wildman–Crippen MR) is 48.2 cm³/mol. The van der Waals surface area contributed by atoms with Crippen LogP contribution in [0.4, 0.5) is 13.2 Å². The average molecular weight is 228 g/mol. The van der Waals surface area contributed by atoms with Crippen molar-refractivity contribution in [3.8, 4) is 5.75 Å². The molecule has 0 radical (unpaired) electrons. The summed E-state index contributed by atoms with van der Waals surface area (Å²) in [7, 11) is 0. The van der Waals surface area contributed by atoms with Gasteiger partial charge in [-0.2, -0.15) is 8.78 Å². The molecule has 0 bridgehead atoms. The standard InChI is InChI=1S/C8H8F3NO.ClH/c9-7-5(4-12)2-1-3-6(7)13-8(10)11;/h1-3,8H,4,12H2;1H. The summed E-state index contributed by atoms with van der Waals surface area (Å²) in [4.78, 5) is 0. The number of benzene rings is 1. The number of hydrogen-bond donors (Lipinski definition) is 1. The fourth-order valence-corrected chi connectivity index (χ4v) is 0.901. The Hall–Kier alpha value is -0.940. The summed E-state index contributed by atoms with van der Waals surface area (Å²) in [6, 6.07) is 3.94. The third-order valence-corrected chi connectivity index (χ3v) is 1.48. The zero-order valence-corrected chi connectivity index (χ0v) is 7.86. The van der Waals surface area contributed by atoms with Crippen molar-refractivity contribution in [1.29, 1.82) is 0 Å². The van der Waals surface area contributed by atoms with Crippen molar-refractivity contribution >= 4 is 12.4 Å². The van der Waals surface area contributed by atoms with Crippen LogP contribution in [0.15, 0.2) is 18.2 Å². The minimum atomic E-state index is -3.03. The van der Waals surface area contributed by atoms with Crippen LogP contribution in [-0.2, 0) is 6.54 Å². The van der Waals surface area contributed by atoms with E-state index >= 15 is 0 Å². The molecule has 1 aromatic carbocycles. The molecule has 0 saturated carbocycles. The minimum Gasteiger partial charge on any atom is -0.432 e. The van der Waals surface area contributed by atoms with E-state index in [9.17, 15) is 13.2 Å². The second-order valence-corrected chi connectivity index (χ2v) is 2.31. The molecular weight excluding hydrogens is 219 g/mol. The number of nitrogens with two attached hydrogens (primary N) is 1. The second kappa shape index (κ2) is 5.72. The van der Waals surface area contributed by atoms with Crippen molar-refractivity contribution in [2.75, 3.05) is 0 Å². The van der Waals surface area contributed by atoms with E-state index in [0.717, 1.165) is 6.07 Å². The molecule has 0 aliphatic carbocycles. The van der Waals surface area contributed by atoms with E-state index < -0.39 is 18.2 Å². The predicted octanol–water partition coefficient (Wildman–Crippen LogP) is 2.31. The Morgan fingerprint density at radius 3 is 2.50 bits per heavy atom. The number of halogens is 4. The van der Waals surface area contributed by atoms with Crippen molar-refractivity contribution in [2.24, 2.45) is 5.73 Å². The maximum Gasteiger partial charge on any atom is 0.387 e. The smallest absolute Gasteiger partial charge is 0.387 e. The summed E-state index contributed by atoms with van der Waals surface area (Å²) >= 11 is 0. The van der Waals surface area contributed by atoms with Crippen LogP contribution in [0.3, 0.4) is 0 Å². The number of rotatable bonds is 3. The summed E-state index contributed by atoms with van der Waals surface area (Å²) in [6.07, 6.45) is 0. The highest BCUT2D eigenvalue weighted by Crippen LogP contribution is 2.21. The minimum absolute atomic E-state index is 0. The molecule has 0 amide bonds. The van der Waals surface area contributed by atoms with E-state index in [2.05, 4.69) is 4.74 Å². The fraction of sp³-hybridized carbons (Fsp3) is 0.250. The summed E-state index contributed by atoms with van der Waals surface area (Å²) in [5.74, 6) is -1.30. The third kappa shape index (κ3) is 3.08. The van der Waals surface area contributed by atoms with E-state index in [0.29, 0.717) is 0 Å². The molecule has 6 heteroatoms. The first-order chi connectivity index (χ1) is 6.15. The third-order valence-electron chi connectivity index (χ3n) is 1.48. The summed E-state index contributed by atoms with van der Waals surface area (Å²) in [5.41, 5.74) is 5.32. The van der Waals surface area contributed by atoms with Crippen LogP contribution in [0.1, 0.15) is 5.56 Å². The van der Waals surface area contributed by atoms with Gasteiger partial charge in [0.2, 0.25) is 0 Å². The van der Waals surface area contributed by atoms with Gasteiger partial charge in [0.1, 0.15) is 0 Å². The zero-order valence-electron chi connectivity index (χ0n) is 7.04. The topological polar surface area (TPSA) is 35.2 Å². The maximum atomic E-state index is 13.1. The van der Waals surface area contributed by atoms with Crippen LogP contribution < -0.4 is 10.5 Å². The van der Waals surface area contributed by atoms with Crippen LogP contribution in [0, 0.1) is 5.82 Å². The van der Waals surface area contributed by atoms with E-state index in [4.69, 9.17) is 5.73 Å². The van der Waals surface area contributed by atoms with Crippen LogP contribution >= 0.6 is 12.4 Å². The molecule has 0 aliphatic heterocycles. The SMILES string of the molecule is Cl.NCc1cccc(OC(F)F)c1F. The Balaban J connectivity index is 0.00000169. The second-order valence-electron chi connectivity index (χ2n) is 2.31. The number of ether oxygens (including phenoxy) is 1. The molecular formula is C8H9ClF3NO. The van der Waals surface area contributed by atoms with Gasteiger partial charge >= 0.3 is 6.61 Å². The van der Waals surface area contributed by atoms with E-state index in [1.54, 1.807) is 0 Å². The quantitative estimate of drug-likeness (QED) is 0.860. The Bertz CT molecular complexity index is 296. The van der Waals surface area contributed by atoms with Gasteiger partial charge in [-0.05, 0) is 6.07 Å². The van der Waals surface area contributed by atoms with Crippen molar-refractivity contribution in [3.63, 3.8) is 0 Å². The molecule has 0 fully saturated rings. The average Bonchev–Trinajstić information content (AvgIpc) is 2.08. The van der Waals surface area contributed by atoms with Crippen molar-refractivity contribution < 1.29 is 17.9 Å². The maximum absolute atomic E-state index is 13.1. The van der Waals surface area contributed by atoms with E-state index in [-0.39, 0.29) is 24.5 Å². The van der Waals surface area contributed by atoms with Gasteiger partial charge in [0.25, 0.3) is 0 Å². The monoisotopic (exact) mass is 227 g/mol. The first kappa shape index (κ1) is 13.1. The van der Waals surface area contributed by atoms with Crippen LogP contribution in [0.5, 0.6) is 5.75 Å². The lowest BCUT2D eigenvalue weighted by Crippen LogP contribution is -2.06. The molecule has 0 aromatic heterocycles. The molecule has 80 valence electrons. The van der Waals surface area contributed by atoms with Gasteiger partial charge in [-0.15, -0.1) is 12.4 Å². The van der Waals surface area contributed by atoms with Gasteiger partial charge in [-0.1, -0.05) is 12.1 Å². The van der Waals surface area contributed by atoms with Gasteiger partial charge < -0.3 is 10.5 Å². The lowest BCUT2D eigenvalue weighted by atomic mass is 10.2. The highest BCUT2D eigenvalue weighted by molar-refractivity contribution is 5.85. The van der Waals surface area contributed by atoms with Gasteiger partial charge in [0, 0.05) is 12.1 Å². The molecule has 0 heterocycles. The largest absolute Gasteiger partial charge is 0.432 e. The van der Waals surface area contributed by atoms with E-state index in [1.807, 2.05) is 0 Å². The molecule has 0 aliphatic rings. The molecule has 14 heavy (non-hydrogen) atoms. The highest BCUT2D eigenvalue weighted by Gasteiger charge is 2.11. The van der Waals surface area contributed by atoms with E-state index in [1.165, 1.54) is 12.1 Å². The summed E-state index contributed by atoms with van der Waals surface area (Å²) in [6.45, 7) is -3.07. The molecule has 1 rings (SSSR count). The molecule has 1 aromatic rings. The number of hydrogen-bond acceptors (Lipinski definition) is 2. The van der Waals surface area contributed by atoms with Crippen molar-refractivity contribution in [2.45, 2.75) is 13.2 Å². The first-order valence-corrected chi connectivity index (χ1v) is 3.57. The van der Waals surface area contributed by atoms with Crippen molar-refractivity contribution in [1.82, 2.24) is 0 Å². The van der Waals surface area contributed by atoms with Gasteiger partial charge in [-0.25, -0.2) is 4.39 Å². The zero-order chi connectivity index (χ0) is 9.84. The normalized spacial score (nSPS) is 9.79. The van der Waals surface area contributed by atoms with Gasteiger partial charge in [0.15, 0.2) is 11.6 Å². The van der Waals surface area contributed by atoms with Gasteiger partial charge in [-0.3, -0.25) is 0 Å². The Morgan fingerprint density at radius 2 is 2.00 bits per heavy atom. The fourth-order valence-electron chi connectivity index (χ4n) is 0.901. The Labute approximate surface area is 85.3 Å². The lowest BCUT2D eigenvalue weighted by molar-refractivity contribution is -0.0522. The first-order valence-electron chi connectivity index (χ1n) is 3.57. The Morgan fingerprint density at radius 1 is 1.36 bits per heavy atom. The highest BCUT2D eigenvalue weighted by atomic mass is 35.5. The molecule has 0 unspecified atom stereocenters. The lowest BCUT2D eigenvalue weighted by Gasteiger charge is -2.07. The van der Waals surface area contributed by atoms with Gasteiger partial charge in [0.05, 0.1) is 0 Å². The van der Waals surface area contributed by atoms with Crippen LogP contribution in [0.2, 0.25) is 0 Å². The molecule has 2 N–H and O–H groups in total. The number of alkyl halides is 2. The van der Waals surface area contributed by atoms with Crippen LogP contribution in [0.25, 0.3) is 0 Å². The Kier molecular flexibility index (Phi) is 5.34. The van der Waals surface area contributed by atoms with Crippen LogP contribution in [-0.4, -0.2) is 6.61 Å². The summed E-state index contributed by atoms with van der Waals surface area (Å²) in [5, 5.41) is 0. The molecule has 0 atom stereocenters.